The molecule has 6 heteroatoms. The molecular formula is C11H14F4N2. The molecule has 0 unspecified atom stereocenters. The Morgan fingerprint density at radius 3 is 2.24 bits per heavy atom. The fourth-order valence-electron chi connectivity index (χ4n) is 1.21. The molecule has 0 aliphatic carbocycles. The van der Waals surface area contributed by atoms with Gasteiger partial charge in [-0.05, 0) is 32.0 Å². The molecule has 0 radical (unpaired) electrons. The summed E-state index contributed by atoms with van der Waals surface area (Å²) in [5.41, 5.74) is 3.86. The fourth-order valence-corrected chi connectivity index (χ4v) is 1.21. The van der Waals surface area contributed by atoms with E-state index in [9.17, 15) is 17.6 Å². The molecule has 0 spiro atoms. The number of benzene rings is 1. The number of hydrogen-bond donors (Lipinski definition) is 2. The van der Waals surface area contributed by atoms with Crippen LogP contribution in [-0.2, 0) is 6.18 Å². The van der Waals surface area contributed by atoms with Crippen molar-refractivity contribution < 1.29 is 17.6 Å². The lowest BCUT2D eigenvalue weighted by Crippen LogP contribution is -2.39. The van der Waals surface area contributed by atoms with E-state index < -0.39 is 23.1 Å². The van der Waals surface area contributed by atoms with Gasteiger partial charge >= 0.3 is 6.18 Å². The van der Waals surface area contributed by atoms with Crippen molar-refractivity contribution in [2.75, 3.05) is 11.9 Å². The van der Waals surface area contributed by atoms with Crippen LogP contribution < -0.4 is 11.1 Å². The number of rotatable bonds is 3. The van der Waals surface area contributed by atoms with E-state index in [4.69, 9.17) is 5.73 Å². The first-order valence-corrected chi connectivity index (χ1v) is 5.01. The summed E-state index contributed by atoms with van der Waals surface area (Å²) >= 11 is 0. The summed E-state index contributed by atoms with van der Waals surface area (Å²) < 4.78 is 50.3. The topological polar surface area (TPSA) is 38.0 Å². The van der Waals surface area contributed by atoms with Gasteiger partial charge in [-0.25, -0.2) is 4.39 Å². The van der Waals surface area contributed by atoms with Gasteiger partial charge in [-0.3, -0.25) is 0 Å². The second-order valence-electron chi connectivity index (χ2n) is 4.41. The standard InChI is InChI=1S/C11H14F4N2/c1-10(2,6-16)17-9-4-3-7(5-8(9)12)11(13,14)15/h3-5,17H,6,16H2,1-2H3. The van der Waals surface area contributed by atoms with Crippen molar-refractivity contribution in [2.24, 2.45) is 5.73 Å². The number of alkyl halides is 3. The van der Waals surface area contributed by atoms with Crippen LogP contribution in [0, 0.1) is 5.82 Å². The van der Waals surface area contributed by atoms with Gasteiger partial charge in [0.05, 0.1) is 11.3 Å². The highest BCUT2D eigenvalue weighted by molar-refractivity contribution is 5.48. The maximum absolute atomic E-state index is 13.4. The smallest absolute Gasteiger partial charge is 0.377 e. The lowest BCUT2D eigenvalue weighted by molar-refractivity contribution is -0.137. The van der Waals surface area contributed by atoms with Gasteiger partial charge in [-0.2, -0.15) is 13.2 Å². The number of anilines is 1. The van der Waals surface area contributed by atoms with Crippen molar-refractivity contribution >= 4 is 5.69 Å². The maximum Gasteiger partial charge on any atom is 0.416 e. The van der Waals surface area contributed by atoms with Crippen molar-refractivity contribution in [1.82, 2.24) is 0 Å². The maximum atomic E-state index is 13.4. The molecule has 0 aromatic heterocycles. The molecule has 0 aliphatic heterocycles. The molecule has 0 bridgehead atoms. The SMILES string of the molecule is CC(C)(CN)Nc1ccc(C(F)(F)F)cc1F. The van der Waals surface area contributed by atoms with Crippen molar-refractivity contribution in [2.45, 2.75) is 25.6 Å². The van der Waals surface area contributed by atoms with Crippen LogP contribution in [0.15, 0.2) is 18.2 Å². The molecule has 2 nitrogen and oxygen atoms in total. The van der Waals surface area contributed by atoms with E-state index in [1.165, 1.54) is 0 Å². The van der Waals surface area contributed by atoms with E-state index in [0.29, 0.717) is 6.07 Å². The Kier molecular flexibility index (Phi) is 3.66. The Hall–Kier alpha value is -1.30. The van der Waals surface area contributed by atoms with Crippen LogP contribution >= 0.6 is 0 Å². The average Bonchev–Trinajstić information content (AvgIpc) is 2.19. The summed E-state index contributed by atoms with van der Waals surface area (Å²) in [6.07, 6.45) is -4.54. The Morgan fingerprint density at radius 1 is 1.24 bits per heavy atom. The molecule has 96 valence electrons. The summed E-state index contributed by atoms with van der Waals surface area (Å²) in [5.74, 6) is -0.943. The van der Waals surface area contributed by atoms with E-state index in [2.05, 4.69) is 5.32 Å². The zero-order valence-electron chi connectivity index (χ0n) is 9.53. The highest BCUT2D eigenvalue weighted by atomic mass is 19.4. The number of hydrogen-bond acceptors (Lipinski definition) is 2. The first-order valence-electron chi connectivity index (χ1n) is 5.01. The van der Waals surface area contributed by atoms with Crippen molar-refractivity contribution in [1.29, 1.82) is 0 Å². The van der Waals surface area contributed by atoms with Crippen LogP contribution in [0.3, 0.4) is 0 Å². The molecule has 1 aromatic rings. The van der Waals surface area contributed by atoms with E-state index in [1.807, 2.05) is 0 Å². The molecule has 0 fully saturated rings. The highest BCUT2D eigenvalue weighted by Crippen LogP contribution is 2.31. The van der Waals surface area contributed by atoms with Gasteiger partial charge in [0.25, 0.3) is 0 Å². The monoisotopic (exact) mass is 250 g/mol. The second kappa shape index (κ2) is 4.52. The minimum Gasteiger partial charge on any atom is -0.377 e. The fraction of sp³-hybridized carbons (Fsp3) is 0.455. The summed E-state index contributed by atoms with van der Waals surface area (Å²) in [4.78, 5) is 0. The normalized spacial score (nSPS) is 12.6. The van der Waals surface area contributed by atoms with Gasteiger partial charge in [0.1, 0.15) is 5.82 Å². The molecular weight excluding hydrogens is 236 g/mol. The third-order valence-corrected chi connectivity index (χ3v) is 2.28. The Labute approximate surface area is 96.8 Å². The quantitative estimate of drug-likeness (QED) is 0.809. The van der Waals surface area contributed by atoms with Gasteiger partial charge in [0.2, 0.25) is 0 Å². The Morgan fingerprint density at radius 2 is 1.82 bits per heavy atom. The lowest BCUT2D eigenvalue weighted by Gasteiger charge is -2.26. The average molecular weight is 250 g/mol. The first-order chi connectivity index (χ1) is 7.65. The number of nitrogens with two attached hydrogens (primary N) is 1. The van der Waals surface area contributed by atoms with Crippen LogP contribution in [0.4, 0.5) is 23.2 Å². The van der Waals surface area contributed by atoms with E-state index >= 15 is 0 Å². The second-order valence-corrected chi connectivity index (χ2v) is 4.41. The molecule has 0 aliphatic rings. The van der Waals surface area contributed by atoms with E-state index in [1.54, 1.807) is 13.8 Å². The van der Waals surface area contributed by atoms with E-state index in [0.717, 1.165) is 12.1 Å². The first kappa shape index (κ1) is 13.8. The van der Waals surface area contributed by atoms with Gasteiger partial charge in [-0.1, -0.05) is 0 Å². The molecule has 0 amide bonds. The summed E-state index contributed by atoms with van der Waals surface area (Å²) in [6, 6.07) is 2.36. The Balaban J connectivity index is 2.99. The molecule has 3 N–H and O–H groups in total. The van der Waals surface area contributed by atoms with Crippen LogP contribution in [0.2, 0.25) is 0 Å². The van der Waals surface area contributed by atoms with Gasteiger partial charge < -0.3 is 11.1 Å². The largest absolute Gasteiger partial charge is 0.416 e. The third kappa shape index (κ3) is 3.59. The lowest BCUT2D eigenvalue weighted by atomic mass is 10.1. The third-order valence-electron chi connectivity index (χ3n) is 2.28. The van der Waals surface area contributed by atoms with Gasteiger partial charge in [0, 0.05) is 12.1 Å². The van der Waals surface area contributed by atoms with Crippen LogP contribution in [0.1, 0.15) is 19.4 Å². The van der Waals surface area contributed by atoms with Crippen LogP contribution in [-0.4, -0.2) is 12.1 Å². The zero-order chi connectivity index (χ0) is 13.3. The molecule has 17 heavy (non-hydrogen) atoms. The highest BCUT2D eigenvalue weighted by Gasteiger charge is 2.31. The number of halogens is 4. The van der Waals surface area contributed by atoms with Crippen molar-refractivity contribution in [3.63, 3.8) is 0 Å². The van der Waals surface area contributed by atoms with Gasteiger partial charge in [0.15, 0.2) is 0 Å². The van der Waals surface area contributed by atoms with Crippen LogP contribution in [0.25, 0.3) is 0 Å². The predicted octanol–water partition coefficient (Wildman–Crippen LogP) is 2.99. The van der Waals surface area contributed by atoms with Gasteiger partial charge in [-0.15, -0.1) is 0 Å². The molecule has 0 heterocycles. The Bertz CT molecular complexity index is 399. The van der Waals surface area contributed by atoms with Crippen LogP contribution in [0.5, 0.6) is 0 Å². The summed E-state index contributed by atoms with van der Waals surface area (Å²) in [7, 11) is 0. The molecule has 0 saturated heterocycles. The predicted molar refractivity (Wildman–Crippen MR) is 58.2 cm³/mol. The summed E-state index contributed by atoms with van der Waals surface area (Å²) in [6.45, 7) is 3.68. The number of nitrogens with one attached hydrogen (secondary N) is 1. The molecule has 0 atom stereocenters. The zero-order valence-corrected chi connectivity index (χ0v) is 9.53. The molecule has 0 saturated carbocycles. The minimum absolute atomic E-state index is 0.00782. The minimum atomic E-state index is -4.54. The summed E-state index contributed by atoms with van der Waals surface area (Å²) in [5, 5.41) is 2.75. The molecule has 1 rings (SSSR count). The molecule has 1 aromatic carbocycles. The van der Waals surface area contributed by atoms with Crippen molar-refractivity contribution in [3.05, 3.63) is 29.6 Å². The van der Waals surface area contributed by atoms with E-state index in [-0.39, 0.29) is 12.2 Å². The van der Waals surface area contributed by atoms with Crippen molar-refractivity contribution in [3.8, 4) is 0 Å².